The summed E-state index contributed by atoms with van der Waals surface area (Å²) in [5.74, 6) is 0.559. The summed E-state index contributed by atoms with van der Waals surface area (Å²) in [6, 6.07) is 9.44. The first-order valence-corrected chi connectivity index (χ1v) is 11.2. The molecule has 0 saturated heterocycles. The van der Waals surface area contributed by atoms with Gasteiger partial charge in [-0.1, -0.05) is 30.3 Å². The van der Waals surface area contributed by atoms with Crippen LogP contribution in [-0.4, -0.2) is 45.3 Å². The molecule has 3 N–H and O–H groups in total. The first kappa shape index (κ1) is 21.3. The number of rotatable bonds is 9. The number of nitrogens with zero attached hydrogens (tertiary/aromatic N) is 2. The molecule has 0 amide bonds. The Bertz CT molecular complexity index is 828. The van der Waals surface area contributed by atoms with Crippen LogP contribution in [0, 0.1) is 13.8 Å². The number of benzene rings is 1. The molecule has 1 heterocycles. The third-order valence-electron chi connectivity index (χ3n) is 3.93. The standard InChI is InChI=1S/C18H27N5O2S2/c1-14-15(2)26-17(23-14)9-10-20-18(19-3)21-11-12-27(24,25)22-13-16-7-5-4-6-8-16/h4-8,22H,9-13H2,1-3H3,(H2,19,20,21). The van der Waals surface area contributed by atoms with Gasteiger partial charge in [0.1, 0.15) is 0 Å². The minimum Gasteiger partial charge on any atom is -0.356 e. The molecule has 1 aromatic heterocycles. The number of thiazole rings is 1. The molecule has 9 heteroatoms. The van der Waals surface area contributed by atoms with Crippen molar-refractivity contribution in [1.82, 2.24) is 20.3 Å². The highest BCUT2D eigenvalue weighted by atomic mass is 32.2. The summed E-state index contributed by atoms with van der Waals surface area (Å²) in [6.45, 7) is 5.33. The number of aliphatic imine (C=N–C) groups is 1. The highest BCUT2D eigenvalue weighted by Crippen LogP contribution is 2.16. The van der Waals surface area contributed by atoms with E-state index in [2.05, 4.69) is 32.3 Å². The van der Waals surface area contributed by atoms with Gasteiger partial charge >= 0.3 is 0 Å². The Morgan fingerprint density at radius 3 is 2.48 bits per heavy atom. The summed E-state index contributed by atoms with van der Waals surface area (Å²) in [4.78, 5) is 9.86. The maximum Gasteiger partial charge on any atom is 0.213 e. The number of nitrogens with one attached hydrogen (secondary N) is 3. The van der Waals surface area contributed by atoms with Gasteiger partial charge in [0.05, 0.1) is 16.5 Å². The maximum atomic E-state index is 12.1. The molecule has 0 fully saturated rings. The van der Waals surface area contributed by atoms with E-state index in [-0.39, 0.29) is 12.3 Å². The van der Waals surface area contributed by atoms with E-state index in [0.29, 0.717) is 19.0 Å². The van der Waals surface area contributed by atoms with Crippen LogP contribution < -0.4 is 15.4 Å². The third kappa shape index (κ3) is 7.66. The Balaban J connectivity index is 1.68. The molecule has 0 spiro atoms. The van der Waals surface area contributed by atoms with Crippen molar-refractivity contribution in [2.45, 2.75) is 26.8 Å². The van der Waals surface area contributed by atoms with Gasteiger partial charge in [0.15, 0.2) is 5.96 Å². The predicted octanol–water partition coefficient (Wildman–Crippen LogP) is 1.59. The van der Waals surface area contributed by atoms with Gasteiger partial charge < -0.3 is 10.6 Å². The fourth-order valence-corrected chi connectivity index (χ4v) is 4.15. The second-order valence-corrected chi connectivity index (χ2v) is 9.26. The summed E-state index contributed by atoms with van der Waals surface area (Å²) in [7, 11) is -1.69. The van der Waals surface area contributed by atoms with Crippen molar-refractivity contribution in [2.75, 3.05) is 25.9 Å². The van der Waals surface area contributed by atoms with Crippen molar-refractivity contribution < 1.29 is 8.42 Å². The number of sulfonamides is 1. The number of hydrogen-bond donors (Lipinski definition) is 3. The lowest BCUT2D eigenvalue weighted by Gasteiger charge is -2.12. The average Bonchev–Trinajstić information content (AvgIpc) is 2.97. The maximum absolute atomic E-state index is 12.1. The van der Waals surface area contributed by atoms with Crippen LogP contribution >= 0.6 is 11.3 Å². The van der Waals surface area contributed by atoms with Crippen molar-refractivity contribution in [2.24, 2.45) is 4.99 Å². The van der Waals surface area contributed by atoms with Crippen LogP contribution in [0.15, 0.2) is 35.3 Å². The zero-order chi connectivity index (χ0) is 19.7. The molecule has 2 aromatic rings. The first-order chi connectivity index (χ1) is 12.9. The van der Waals surface area contributed by atoms with E-state index in [4.69, 9.17) is 0 Å². The number of guanidine groups is 1. The van der Waals surface area contributed by atoms with Crippen LogP contribution in [0.3, 0.4) is 0 Å². The average molecular weight is 410 g/mol. The minimum atomic E-state index is -3.35. The van der Waals surface area contributed by atoms with Crippen LogP contribution in [0.25, 0.3) is 0 Å². The van der Waals surface area contributed by atoms with Crippen molar-refractivity contribution in [3.8, 4) is 0 Å². The van der Waals surface area contributed by atoms with Crippen LogP contribution in [0.1, 0.15) is 21.1 Å². The lowest BCUT2D eigenvalue weighted by atomic mass is 10.2. The summed E-state index contributed by atoms with van der Waals surface area (Å²) in [6.07, 6.45) is 0.803. The minimum absolute atomic E-state index is 0.0224. The van der Waals surface area contributed by atoms with Gasteiger partial charge in [-0.3, -0.25) is 4.99 Å². The molecule has 0 aliphatic heterocycles. The largest absolute Gasteiger partial charge is 0.356 e. The van der Waals surface area contributed by atoms with E-state index >= 15 is 0 Å². The van der Waals surface area contributed by atoms with Gasteiger partial charge in [-0.15, -0.1) is 11.3 Å². The fourth-order valence-electron chi connectivity index (χ4n) is 2.32. The molecule has 0 unspecified atom stereocenters. The Hall–Kier alpha value is -1.97. The van der Waals surface area contributed by atoms with Crippen LogP contribution in [0.2, 0.25) is 0 Å². The van der Waals surface area contributed by atoms with E-state index in [9.17, 15) is 8.42 Å². The molecule has 27 heavy (non-hydrogen) atoms. The highest BCUT2D eigenvalue weighted by Gasteiger charge is 2.10. The van der Waals surface area contributed by atoms with E-state index in [1.807, 2.05) is 37.3 Å². The Labute approximate surface area is 165 Å². The van der Waals surface area contributed by atoms with Crippen molar-refractivity contribution in [1.29, 1.82) is 0 Å². The molecular formula is C18H27N5O2S2. The molecule has 1 aromatic carbocycles. The van der Waals surface area contributed by atoms with E-state index in [0.717, 1.165) is 22.7 Å². The van der Waals surface area contributed by atoms with Crippen molar-refractivity contribution in [3.63, 3.8) is 0 Å². The van der Waals surface area contributed by atoms with E-state index < -0.39 is 10.0 Å². The van der Waals surface area contributed by atoms with E-state index in [1.54, 1.807) is 18.4 Å². The van der Waals surface area contributed by atoms with Gasteiger partial charge in [0.25, 0.3) is 0 Å². The molecule has 0 aliphatic carbocycles. The van der Waals surface area contributed by atoms with Gasteiger partial charge in [-0.05, 0) is 19.4 Å². The van der Waals surface area contributed by atoms with Crippen LogP contribution in [-0.2, 0) is 23.0 Å². The quantitative estimate of drug-likeness (QED) is 0.432. The first-order valence-electron chi connectivity index (χ1n) is 8.78. The Kier molecular flexibility index (Phi) is 8.21. The normalized spacial score (nSPS) is 12.2. The number of hydrogen-bond acceptors (Lipinski definition) is 5. The summed E-state index contributed by atoms with van der Waals surface area (Å²) in [5.41, 5.74) is 2.00. The highest BCUT2D eigenvalue weighted by molar-refractivity contribution is 7.89. The lowest BCUT2D eigenvalue weighted by molar-refractivity contribution is 0.580. The zero-order valence-corrected chi connectivity index (χ0v) is 17.6. The van der Waals surface area contributed by atoms with Crippen molar-refractivity contribution in [3.05, 3.63) is 51.5 Å². The number of aryl methyl sites for hydroxylation is 2. The second kappa shape index (κ2) is 10.4. The molecular weight excluding hydrogens is 382 g/mol. The van der Waals surface area contributed by atoms with Gasteiger partial charge in [-0.2, -0.15) is 0 Å². The SMILES string of the molecule is CN=C(NCCc1nc(C)c(C)s1)NCCS(=O)(=O)NCc1ccccc1. The van der Waals surface area contributed by atoms with Crippen molar-refractivity contribution >= 4 is 27.3 Å². The Morgan fingerprint density at radius 1 is 1.15 bits per heavy atom. The fraction of sp³-hybridized carbons (Fsp3) is 0.444. The second-order valence-electron chi connectivity index (χ2n) is 6.05. The number of aromatic nitrogens is 1. The smallest absolute Gasteiger partial charge is 0.213 e. The van der Waals surface area contributed by atoms with Gasteiger partial charge in [0.2, 0.25) is 10.0 Å². The van der Waals surface area contributed by atoms with Gasteiger partial charge in [0, 0.05) is 38.0 Å². The Morgan fingerprint density at radius 2 is 1.85 bits per heavy atom. The molecule has 0 saturated carbocycles. The predicted molar refractivity (Wildman–Crippen MR) is 112 cm³/mol. The molecule has 0 atom stereocenters. The van der Waals surface area contributed by atoms with E-state index in [1.165, 1.54) is 4.88 Å². The summed E-state index contributed by atoms with van der Waals surface area (Å²) < 4.78 is 26.8. The third-order valence-corrected chi connectivity index (χ3v) is 6.39. The molecule has 0 radical (unpaired) electrons. The van der Waals surface area contributed by atoms with Crippen LogP contribution in [0.5, 0.6) is 0 Å². The zero-order valence-electron chi connectivity index (χ0n) is 15.9. The monoisotopic (exact) mass is 409 g/mol. The molecule has 0 bridgehead atoms. The topological polar surface area (TPSA) is 95.5 Å². The summed E-state index contributed by atoms with van der Waals surface area (Å²) >= 11 is 1.70. The summed E-state index contributed by atoms with van der Waals surface area (Å²) in [5, 5.41) is 7.29. The van der Waals surface area contributed by atoms with Crippen LogP contribution in [0.4, 0.5) is 0 Å². The molecule has 0 aliphatic rings. The molecule has 2 rings (SSSR count). The van der Waals surface area contributed by atoms with Gasteiger partial charge in [-0.25, -0.2) is 18.1 Å². The molecule has 7 nitrogen and oxygen atoms in total. The lowest BCUT2D eigenvalue weighted by Crippen LogP contribution is -2.41. The molecule has 148 valence electrons.